The van der Waals surface area contributed by atoms with E-state index in [1.807, 2.05) is 24.3 Å². The average molecular weight is 293 g/mol. The van der Waals surface area contributed by atoms with E-state index in [1.54, 1.807) is 5.01 Å². The Bertz CT molecular complexity index is 481. The van der Waals surface area contributed by atoms with Gasteiger partial charge >= 0.3 is 0 Å². The molecule has 1 atom stereocenters. The third-order valence-electron chi connectivity index (χ3n) is 3.38. The Morgan fingerprint density at radius 1 is 1.24 bits per heavy atom. The zero-order valence-electron chi connectivity index (χ0n) is 9.40. The van der Waals surface area contributed by atoms with Gasteiger partial charge in [0.2, 0.25) is 0 Å². The van der Waals surface area contributed by atoms with Crippen molar-refractivity contribution in [3.8, 4) is 0 Å². The number of benzene rings is 1. The maximum absolute atomic E-state index is 12.2. The molecule has 0 bridgehead atoms. The van der Waals surface area contributed by atoms with Crippen LogP contribution in [-0.2, 0) is 4.79 Å². The Morgan fingerprint density at radius 3 is 2.71 bits per heavy atom. The molecule has 1 amide bonds. The highest BCUT2D eigenvalue weighted by atomic mass is 79.9. The second-order valence-electron chi connectivity index (χ2n) is 4.52. The van der Waals surface area contributed by atoms with Crippen molar-refractivity contribution in [2.24, 2.45) is 11.0 Å². The van der Waals surface area contributed by atoms with Gasteiger partial charge in [0.25, 0.3) is 5.91 Å². The minimum atomic E-state index is 0.0485. The highest BCUT2D eigenvalue weighted by Gasteiger charge is 2.37. The van der Waals surface area contributed by atoms with E-state index in [4.69, 9.17) is 0 Å². The summed E-state index contributed by atoms with van der Waals surface area (Å²) in [6.07, 6.45) is 4.24. The van der Waals surface area contributed by atoms with Gasteiger partial charge < -0.3 is 0 Å². The van der Waals surface area contributed by atoms with Gasteiger partial charge in [-0.15, -0.1) is 0 Å². The first kappa shape index (κ1) is 11.0. The summed E-state index contributed by atoms with van der Waals surface area (Å²) in [5, 5.41) is 6.04. The molecule has 0 N–H and O–H groups in total. The standard InChI is InChI=1S/C13H13BrN2O/c14-9-5-7-10(8-6-9)16-13(17)11-3-1-2-4-12(11)15-16/h5-8,11H,1-4H2. The van der Waals surface area contributed by atoms with E-state index in [9.17, 15) is 4.79 Å². The molecule has 1 unspecified atom stereocenters. The molecule has 0 spiro atoms. The Labute approximate surface area is 109 Å². The number of rotatable bonds is 1. The molecule has 0 aromatic heterocycles. The predicted octanol–water partition coefficient (Wildman–Crippen LogP) is 3.34. The lowest BCUT2D eigenvalue weighted by Crippen LogP contribution is -2.28. The molecular formula is C13H13BrN2O. The molecule has 1 aromatic carbocycles. The van der Waals surface area contributed by atoms with Crippen LogP contribution in [0.5, 0.6) is 0 Å². The molecule has 17 heavy (non-hydrogen) atoms. The Kier molecular flexibility index (Phi) is 2.74. The number of amides is 1. The van der Waals surface area contributed by atoms with Crippen LogP contribution in [0.4, 0.5) is 5.69 Å². The van der Waals surface area contributed by atoms with E-state index in [-0.39, 0.29) is 11.8 Å². The second kappa shape index (κ2) is 4.26. The summed E-state index contributed by atoms with van der Waals surface area (Å²) in [6.45, 7) is 0. The van der Waals surface area contributed by atoms with Gasteiger partial charge in [-0.1, -0.05) is 22.4 Å². The van der Waals surface area contributed by atoms with Crippen molar-refractivity contribution < 1.29 is 4.79 Å². The molecule has 4 heteroatoms. The Balaban J connectivity index is 1.92. The van der Waals surface area contributed by atoms with Crippen LogP contribution in [-0.4, -0.2) is 11.6 Å². The highest BCUT2D eigenvalue weighted by molar-refractivity contribution is 9.10. The molecule has 2 aliphatic rings. The number of hydrogen-bond donors (Lipinski definition) is 0. The number of hydrazone groups is 1. The fourth-order valence-electron chi connectivity index (χ4n) is 2.47. The number of halogens is 1. The van der Waals surface area contributed by atoms with Gasteiger partial charge in [-0.25, -0.2) is 5.01 Å². The molecule has 3 rings (SSSR count). The summed E-state index contributed by atoms with van der Waals surface area (Å²) in [7, 11) is 0. The first-order chi connectivity index (χ1) is 8.25. The summed E-state index contributed by atoms with van der Waals surface area (Å²) in [6, 6.07) is 7.71. The fraction of sp³-hybridized carbons (Fsp3) is 0.385. The van der Waals surface area contributed by atoms with Crippen molar-refractivity contribution in [1.82, 2.24) is 0 Å². The third kappa shape index (κ3) is 1.90. The van der Waals surface area contributed by atoms with Crippen molar-refractivity contribution in [2.75, 3.05) is 5.01 Å². The predicted molar refractivity (Wildman–Crippen MR) is 71.0 cm³/mol. The first-order valence-electron chi connectivity index (χ1n) is 5.92. The van der Waals surface area contributed by atoms with E-state index >= 15 is 0 Å². The topological polar surface area (TPSA) is 32.7 Å². The summed E-state index contributed by atoms with van der Waals surface area (Å²) in [4.78, 5) is 12.2. The lowest BCUT2D eigenvalue weighted by atomic mass is 9.87. The number of carbonyl (C=O) groups is 1. The van der Waals surface area contributed by atoms with Gasteiger partial charge in [0, 0.05) is 4.47 Å². The van der Waals surface area contributed by atoms with Crippen molar-refractivity contribution in [3.05, 3.63) is 28.7 Å². The fourth-order valence-corrected chi connectivity index (χ4v) is 2.74. The molecule has 1 aliphatic carbocycles. The zero-order chi connectivity index (χ0) is 11.8. The number of nitrogens with zero attached hydrogens (tertiary/aromatic N) is 2. The smallest absolute Gasteiger partial charge is 0.256 e. The number of fused-ring (bicyclic) bond motifs is 1. The van der Waals surface area contributed by atoms with Crippen molar-refractivity contribution in [2.45, 2.75) is 25.7 Å². The molecule has 1 fully saturated rings. The van der Waals surface area contributed by atoms with E-state index < -0.39 is 0 Å². The van der Waals surface area contributed by atoms with Crippen LogP contribution >= 0.6 is 15.9 Å². The quantitative estimate of drug-likeness (QED) is 0.781. The monoisotopic (exact) mass is 292 g/mol. The maximum atomic E-state index is 12.2. The minimum absolute atomic E-state index is 0.0485. The van der Waals surface area contributed by atoms with Crippen LogP contribution in [0, 0.1) is 5.92 Å². The van der Waals surface area contributed by atoms with Crippen LogP contribution in [0.15, 0.2) is 33.8 Å². The lowest BCUT2D eigenvalue weighted by molar-refractivity contribution is -0.120. The van der Waals surface area contributed by atoms with E-state index in [0.717, 1.165) is 41.6 Å². The highest BCUT2D eigenvalue weighted by Crippen LogP contribution is 2.32. The molecule has 1 aliphatic heterocycles. The summed E-state index contributed by atoms with van der Waals surface area (Å²) in [5.74, 6) is 0.189. The Hall–Kier alpha value is -1.16. The molecule has 1 heterocycles. The SMILES string of the molecule is O=C1C2CCCCC2=NN1c1ccc(Br)cc1. The van der Waals surface area contributed by atoms with Crippen LogP contribution in [0.25, 0.3) is 0 Å². The Morgan fingerprint density at radius 2 is 2.00 bits per heavy atom. The van der Waals surface area contributed by atoms with Crippen molar-refractivity contribution in [1.29, 1.82) is 0 Å². The van der Waals surface area contributed by atoms with Gasteiger partial charge in [0.1, 0.15) is 0 Å². The van der Waals surface area contributed by atoms with Gasteiger partial charge in [0.05, 0.1) is 17.3 Å². The van der Waals surface area contributed by atoms with Gasteiger partial charge in [-0.2, -0.15) is 5.10 Å². The zero-order valence-corrected chi connectivity index (χ0v) is 11.0. The molecule has 88 valence electrons. The number of carbonyl (C=O) groups excluding carboxylic acids is 1. The van der Waals surface area contributed by atoms with Crippen LogP contribution in [0.1, 0.15) is 25.7 Å². The molecule has 1 saturated carbocycles. The lowest BCUT2D eigenvalue weighted by Gasteiger charge is -2.16. The van der Waals surface area contributed by atoms with Gasteiger partial charge in [-0.05, 0) is 43.5 Å². The van der Waals surface area contributed by atoms with Crippen LogP contribution < -0.4 is 5.01 Å². The second-order valence-corrected chi connectivity index (χ2v) is 5.43. The van der Waals surface area contributed by atoms with E-state index in [1.165, 1.54) is 0 Å². The molecule has 0 saturated heterocycles. The summed E-state index contributed by atoms with van der Waals surface area (Å²) < 4.78 is 1.01. The van der Waals surface area contributed by atoms with Gasteiger partial charge in [-0.3, -0.25) is 4.79 Å². The summed E-state index contributed by atoms with van der Waals surface area (Å²) in [5.41, 5.74) is 1.93. The maximum Gasteiger partial charge on any atom is 0.256 e. The molecule has 3 nitrogen and oxygen atoms in total. The molecule has 0 radical (unpaired) electrons. The minimum Gasteiger partial charge on any atom is -0.272 e. The average Bonchev–Trinajstić information content (AvgIpc) is 2.69. The number of hydrogen-bond acceptors (Lipinski definition) is 2. The van der Waals surface area contributed by atoms with Crippen LogP contribution in [0.2, 0.25) is 0 Å². The van der Waals surface area contributed by atoms with Crippen LogP contribution in [0.3, 0.4) is 0 Å². The normalized spacial score (nSPS) is 23.6. The third-order valence-corrected chi connectivity index (χ3v) is 3.91. The first-order valence-corrected chi connectivity index (χ1v) is 6.72. The van der Waals surface area contributed by atoms with Crippen molar-refractivity contribution in [3.63, 3.8) is 0 Å². The summed E-state index contributed by atoms with van der Waals surface area (Å²) >= 11 is 3.39. The number of anilines is 1. The van der Waals surface area contributed by atoms with E-state index in [0.29, 0.717) is 0 Å². The largest absolute Gasteiger partial charge is 0.272 e. The van der Waals surface area contributed by atoms with Crippen molar-refractivity contribution >= 4 is 33.2 Å². The van der Waals surface area contributed by atoms with Gasteiger partial charge in [0.15, 0.2) is 0 Å². The van der Waals surface area contributed by atoms with E-state index in [2.05, 4.69) is 21.0 Å². The molecule has 1 aromatic rings. The molecular weight excluding hydrogens is 280 g/mol.